The summed E-state index contributed by atoms with van der Waals surface area (Å²) in [7, 11) is 0. The molecule has 0 aliphatic carbocycles. The van der Waals surface area contributed by atoms with Crippen molar-refractivity contribution in [2.45, 2.75) is 6.36 Å². The number of benzene rings is 1. The van der Waals surface area contributed by atoms with E-state index in [2.05, 4.69) is 46.9 Å². The molecular formula is C12H6Br2F4N2O. The van der Waals surface area contributed by atoms with Gasteiger partial charge in [-0.15, -0.1) is 13.2 Å². The maximum absolute atomic E-state index is 13.7. The average Bonchev–Trinajstić information content (AvgIpc) is 2.33. The lowest BCUT2D eigenvalue weighted by Gasteiger charge is -2.15. The van der Waals surface area contributed by atoms with Crippen LogP contribution in [-0.2, 0) is 0 Å². The molecule has 112 valence electrons. The van der Waals surface area contributed by atoms with Crippen molar-refractivity contribution in [1.82, 2.24) is 4.98 Å². The van der Waals surface area contributed by atoms with Gasteiger partial charge in [0, 0.05) is 15.1 Å². The molecule has 0 spiro atoms. The number of nitrogens with zero attached hydrogens (tertiary/aromatic N) is 1. The molecule has 0 bridgehead atoms. The number of nitrogens with one attached hydrogen (secondary N) is 1. The molecule has 0 fully saturated rings. The van der Waals surface area contributed by atoms with Crippen LogP contribution in [-0.4, -0.2) is 11.3 Å². The first-order valence-corrected chi connectivity index (χ1v) is 6.96. The molecule has 0 amide bonds. The molecule has 2 aromatic rings. The summed E-state index contributed by atoms with van der Waals surface area (Å²) >= 11 is 6.08. The summed E-state index contributed by atoms with van der Waals surface area (Å²) < 4.78 is 55.4. The van der Waals surface area contributed by atoms with Gasteiger partial charge in [0.15, 0.2) is 17.4 Å². The Kier molecular flexibility index (Phi) is 4.72. The Hall–Kier alpha value is -1.35. The first-order chi connectivity index (χ1) is 9.74. The van der Waals surface area contributed by atoms with Crippen molar-refractivity contribution in [2.75, 3.05) is 5.32 Å². The van der Waals surface area contributed by atoms with Crippen LogP contribution >= 0.6 is 31.9 Å². The minimum Gasteiger partial charge on any atom is -0.404 e. The summed E-state index contributed by atoms with van der Waals surface area (Å²) in [5.41, 5.74) is -0.0655. The maximum Gasteiger partial charge on any atom is 0.573 e. The number of hydrogen-bond donors (Lipinski definition) is 1. The molecule has 0 aliphatic rings. The van der Waals surface area contributed by atoms with Crippen LogP contribution in [0.5, 0.6) is 5.75 Å². The van der Waals surface area contributed by atoms with E-state index in [1.54, 1.807) is 0 Å². The third kappa shape index (κ3) is 4.57. The molecule has 0 unspecified atom stereocenters. The Balaban J connectivity index is 2.35. The normalized spacial score (nSPS) is 11.3. The van der Waals surface area contributed by atoms with Gasteiger partial charge in [-0.3, -0.25) is 0 Å². The fourth-order valence-corrected chi connectivity index (χ4v) is 2.09. The molecule has 1 heterocycles. The molecular weight excluding hydrogens is 424 g/mol. The summed E-state index contributed by atoms with van der Waals surface area (Å²) in [6, 6.07) is 5.06. The van der Waals surface area contributed by atoms with Crippen molar-refractivity contribution in [2.24, 2.45) is 0 Å². The molecule has 3 nitrogen and oxygen atoms in total. The van der Waals surface area contributed by atoms with Crippen LogP contribution in [0.15, 0.2) is 39.4 Å². The lowest BCUT2D eigenvalue weighted by molar-refractivity contribution is -0.274. The zero-order valence-electron chi connectivity index (χ0n) is 10.0. The number of pyridine rings is 1. The van der Waals surface area contributed by atoms with Crippen LogP contribution < -0.4 is 10.1 Å². The van der Waals surface area contributed by atoms with E-state index in [9.17, 15) is 17.6 Å². The molecule has 0 saturated carbocycles. The van der Waals surface area contributed by atoms with Gasteiger partial charge >= 0.3 is 6.36 Å². The highest BCUT2D eigenvalue weighted by Crippen LogP contribution is 2.34. The summed E-state index contributed by atoms with van der Waals surface area (Å²) in [6.07, 6.45) is -3.54. The van der Waals surface area contributed by atoms with Crippen LogP contribution in [0.2, 0.25) is 0 Å². The van der Waals surface area contributed by atoms with Crippen molar-refractivity contribution in [3.05, 3.63) is 45.2 Å². The molecule has 1 N–H and O–H groups in total. The van der Waals surface area contributed by atoms with Gasteiger partial charge in [-0.05, 0) is 40.2 Å². The Morgan fingerprint density at radius 1 is 1.10 bits per heavy atom. The number of anilines is 2. The third-order valence-electron chi connectivity index (χ3n) is 2.23. The molecule has 0 aliphatic heterocycles. The second-order valence-electron chi connectivity index (χ2n) is 3.80. The molecule has 21 heavy (non-hydrogen) atoms. The van der Waals surface area contributed by atoms with Crippen LogP contribution in [0.25, 0.3) is 0 Å². The van der Waals surface area contributed by atoms with Crippen molar-refractivity contribution in [3.63, 3.8) is 0 Å². The van der Waals surface area contributed by atoms with Crippen LogP contribution in [0.4, 0.5) is 29.1 Å². The minimum absolute atomic E-state index is 0.0655. The predicted octanol–water partition coefficient (Wildman–Crippen LogP) is 5.39. The van der Waals surface area contributed by atoms with E-state index in [1.807, 2.05) is 0 Å². The Morgan fingerprint density at radius 3 is 2.43 bits per heavy atom. The molecule has 2 rings (SSSR count). The second-order valence-corrected chi connectivity index (χ2v) is 5.63. The Bertz CT molecular complexity index is 664. The van der Waals surface area contributed by atoms with Gasteiger partial charge in [-0.1, -0.05) is 15.9 Å². The lowest BCUT2D eigenvalue weighted by atomic mass is 10.3. The number of alkyl halides is 3. The topological polar surface area (TPSA) is 34.2 Å². The number of hydrogen-bond acceptors (Lipinski definition) is 3. The van der Waals surface area contributed by atoms with E-state index in [0.29, 0.717) is 8.95 Å². The van der Waals surface area contributed by atoms with E-state index in [0.717, 1.165) is 12.1 Å². The van der Waals surface area contributed by atoms with E-state index < -0.39 is 17.9 Å². The summed E-state index contributed by atoms with van der Waals surface area (Å²) in [5, 5.41) is 2.47. The molecule has 9 heteroatoms. The van der Waals surface area contributed by atoms with Gasteiger partial charge < -0.3 is 10.1 Å². The summed E-state index contributed by atoms with van der Waals surface area (Å²) in [5.74, 6) is -1.43. The van der Waals surface area contributed by atoms with Crippen molar-refractivity contribution in [3.8, 4) is 5.75 Å². The zero-order chi connectivity index (χ0) is 15.6. The van der Waals surface area contributed by atoms with Gasteiger partial charge in [-0.25, -0.2) is 9.37 Å². The molecule has 1 aromatic carbocycles. The fourth-order valence-electron chi connectivity index (χ4n) is 1.44. The monoisotopic (exact) mass is 428 g/mol. The van der Waals surface area contributed by atoms with E-state index in [4.69, 9.17) is 0 Å². The number of aromatic nitrogens is 1. The van der Waals surface area contributed by atoms with Crippen molar-refractivity contribution < 1.29 is 22.3 Å². The van der Waals surface area contributed by atoms with E-state index >= 15 is 0 Å². The van der Waals surface area contributed by atoms with Crippen LogP contribution in [0, 0.1) is 5.82 Å². The first-order valence-electron chi connectivity index (χ1n) is 5.38. The maximum atomic E-state index is 13.7. The number of ether oxygens (including phenoxy) is 1. The highest BCUT2D eigenvalue weighted by atomic mass is 79.9. The van der Waals surface area contributed by atoms with Gasteiger partial charge in [0.1, 0.15) is 0 Å². The number of rotatable bonds is 3. The zero-order valence-corrected chi connectivity index (χ0v) is 13.2. The van der Waals surface area contributed by atoms with E-state index in [1.165, 1.54) is 18.3 Å². The lowest BCUT2D eigenvalue weighted by Crippen LogP contribution is -2.18. The van der Waals surface area contributed by atoms with Gasteiger partial charge in [0.25, 0.3) is 0 Å². The third-order valence-corrected chi connectivity index (χ3v) is 3.16. The summed E-state index contributed by atoms with van der Waals surface area (Å²) in [6.45, 7) is 0. The highest BCUT2D eigenvalue weighted by molar-refractivity contribution is 9.10. The van der Waals surface area contributed by atoms with E-state index in [-0.39, 0.29) is 11.5 Å². The fraction of sp³-hybridized carbons (Fsp3) is 0.0833. The molecule has 1 aromatic heterocycles. The molecule has 0 saturated heterocycles. The van der Waals surface area contributed by atoms with Gasteiger partial charge in [0.2, 0.25) is 0 Å². The standard InChI is InChI=1S/C12H6Br2F4N2O/c13-6-1-2-9(10(4-6)21-12(16,17)18)20-11-8(15)3-7(14)5-19-11/h1-5H,(H,19,20). The first kappa shape index (κ1) is 16.0. The van der Waals surface area contributed by atoms with Crippen molar-refractivity contribution >= 4 is 43.4 Å². The number of halogens is 6. The van der Waals surface area contributed by atoms with Gasteiger partial charge in [-0.2, -0.15) is 0 Å². The molecule has 0 radical (unpaired) electrons. The highest BCUT2D eigenvalue weighted by Gasteiger charge is 2.32. The van der Waals surface area contributed by atoms with Gasteiger partial charge in [0.05, 0.1) is 5.69 Å². The minimum atomic E-state index is -4.86. The smallest absolute Gasteiger partial charge is 0.404 e. The Morgan fingerprint density at radius 2 is 1.81 bits per heavy atom. The Labute approximate surface area is 133 Å². The largest absolute Gasteiger partial charge is 0.573 e. The molecule has 0 atom stereocenters. The van der Waals surface area contributed by atoms with Crippen LogP contribution in [0.1, 0.15) is 0 Å². The SMILES string of the molecule is Fc1cc(Br)cnc1Nc1ccc(Br)cc1OC(F)(F)F. The predicted molar refractivity (Wildman–Crippen MR) is 76.0 cm³/mol. The second kappa shape index (κ2) is 6.18. The summed E-state index contributed by atoms with van der Waals surface area (Å²) in [4.78, 5) is 3.75. The quantitative estimate of drug-likeness (QED) is 0.664. The van der Waals surface area contributed by atoms with Crippen LogP contribution in [0.3, 0.4) is 0 Å². The average molecular weight is 430 g/mol. The van der Waals surface area contributed by atoms with Crippen molar-refractivity contribution in [1.29, 1.82) is 0 Å².